The molecule has 3 fully saturated rings. The fourth-order valence-corrected chi connectivity index (χ4v) is 5.94. The summed E-state index contributed by atoms with van der Waals surface area (Å²) in [5.74, 6) is -0.219. The Morgan fingerprint density at radius 1 is 1.09 bits per heavy atom. The molecule has 0 N–H and O–H groups in total. The number of hydrogen-bond acceptors (Lipinski definition) is 6. The van der Waals surface area contributed by atoms with E-state index in [0.717, 1.165) is 37.0 Å². The van der Waals surface area contributed by atoms with Gasteiger partial charge in [-0.15, -0.1) is 0 Å². The lowest BCUT2D eigenvalue weighted by Gasteiger charge is -2.39. The minimum absolute atomic E-state index is 0.134. The maximum atomic E-state index is 12.9. The Kier molecular flexibility index (Phi) is 5.90. The number of pyridine rings is 1. The molecule has 3 aliphatic heterocycles. The molecule has 5 rings (SSSR count). The van der Waals surface area contributed by atoms with Crippen LogP contribution in [0.5, 0.6) is 0 Å². The van der Waals surface area contributed by atoms with Crippen molar-refractivity contribution in [2.75, 3.05) is 37.6 Å². The zero-order valence-corrected chi connectivity index (χ0v) is 19.6. The van der Waals surface area contributed by atoms with Gasteiger partial charge in [0.25, 0.3) is 0 Å². The molecule has 8 nitrogen and oxygen atoms in total. The lowest BCUT2D eigenvalue weighted by molar-refractivity contribution is -0.144. The fourth-order valence-electron chi connectivity index (χ4n) is 4.69. The third-order valence-electron chi connectivity index (χ3n) is 6.55. The number of ether oxygens (including phenoxy) is 1. The van der Waals surface area contributed by atoms with Gasteiger partial charge in [-0.1, -0.05) is 23.7 Å². The maximum absolute atomic E-state index is 12.9. The lowest BCUT2D eigenvalue weighted by atomic mass is 9.91. The maximum Gasteiger partial charge on any atom is 0.240 e. The number of halogens is 1. The molecule has 1 amide bonds. The summed E-state index contributed by atoms with van der Waals surface area (Å²) in [6.45, 7) is 2.09. The minimum atomic E-state index is -3.77. The molecule has 0 bridgehead atoms. The highest BCUT2D eigenvalue weighted by molar-refractivity contribution is 7.92. The van der Waals surface area contributed by atoms with E-state index in [0.29, 0.717) is 17.1 Å². The number of amides is 1. The van der Waals surface area contributed by atoms with Crippen molar-refractivity contribution in [1.82, 2.24) is 14.2 Å². The Balaban J connectivity index is 1.25. The molecule has 1 spiro atoms. The number of nitrogens with zero attached hydrogens (tertiary/aromatic N) is 4. The number of piperidine rings is 1. The Labute approximate surface area is 198 Å². The Morgan fingerprint density at radius 3 is 2.48 bits per heavy atom. The average molecular weight is 489 g/mol. The van der Waals surface area contributed by atoms with E-state index in [1.165, 1.54) is 10.4 Å². The van der Waals surface area contributed by atoms with E-state index < -0.39 is 21.9 Å². The predicted octanol–water partition coefficient (Wildman–Crippen LogP) is 2.58. The third kappa shape index (κ3) is 4.63. The molecule has 3 saturated heterocycles. The van der Waals surface area contributed by atoms with Crippen LogP contribution in [0.4, 0.5) is 5.69 Å². The van der Waals surface area contributed by atoms with Crippen LogP contribution in [-0.4, -0.2) is 73.1 Å². The molecule has 1 aromatic carbocycles. The van der Waals surface area contributed by atoms with Crippen molar-refractivity contribution >= 4 is 39.3 Å². The molecule has 0 saturated carbocycles. The molecular weight excluding hydrogens is 464 g/mol. The summed E-state index contributed by atoms with van der Waals surface area (Å²) in [6.07, 6.45) is 6.06. The van der Waals surface area contributed by atoms with Gasteiger partial charge >= 0.3 is 0 Å². The van der Waals surface area contributed by atoms with Crippen LogP contribution < -0.4 is 4.90 Å². The largest absolute Gasteiger partial charge is 0.371 e. The van der Waals surface area contributed by atoms with Gasteiger partial charge in [0, 0.05) is 41.6 Å². The van der Waals surface area contributed by atoms with E-state index in [-0.39, 0.29) is 19.0 Å². The normalized spacial score (nSPS) is 23.4. The van der Waals surface area contributed by atoms with Crippen LogP contribution in [-0.2, 0) is 19.6 Å². The first-order valence-electron chi connectivity index (χ1n) is 10.9. The number of carbonyl (C=O) groups excluding carboxylic acids is 1. The van der Waals surface area contributed by atoms with E-state index in [2.05, 4.69) is 9.88 Å². The van der Waals surface area contributed by atoms with E-state index in [4.69, 9.17) is 16.3 Å². The highest BCUT2D eigenvalue weighted by Crippen LogP contribution is 2.38. The van der Waals surface area contributed by atoms with Crippen molar-refractivity contribution in [3.05, 3.63) is 64.8 Å². The molecule has 4 heterocycles. The quantitative estimate of drug-likeness (QED) is 0.657. The monoisotopic (exact) mass is 488 g/mol. The minimum Gasteiger partial charge on any atom is -0.371 e. The predicted molar refractivity (Wildman–Crippen MR) is 126 cm³/mol. The molecule has 0 radical (unpaired) electrons. The van der Waals surface area contributed by atoms with Crippen LogP contribution >= 0.6 is 11.6 Å². The molecule has 1 atom stereocenters. The highest BCUT2D eigenvalue weighted by atomic mass is 35.5. The summed E-state index contributed by atoms with van der Waals surface area (Å²) in [5.41, 5.74) is 1.41. The van der Waals surface area contributed by atoms with Crippen molar-refractivity contribution in [2.45, 2.75) is 24.7 Å². The van der Waals surface area contributed by atoms with Gasteiger partial charge in [0.15, 0.2) is 0 Å². The van der Waals surface area contributed by atoms with Gasteiger partial charge in [-0.25, -0.2) is 8.42 Å². The van der Waals surface area contributed by atoms with Gasteiger partial charge in [-0.2, -0.15) is 4.31 Å². The number of carbonyl (C=O) groups is 1. The topological polar surface area (TPSA) is 83.0 Å². The first-order valence-corrected chi connectivity index (χ1v) is 12.8. The second kappa shape index (κ2) is 8.72. The molecule has 10 heteroatoms. The first kappa shape index (κ1) is 22.3. The third-order valence-corrected chi connectivity index (χ3v) is 8.28. The number of fused-ring (bicyclic) bond motifs is 1. The van der Waals surface area contributed by atoms with Gasteiger partial charge in [-0.3, -0.25) is 9.78 Å². The zero-order valence-electron chi connectivity index (χ0n) is 18.0. The van der Waals surface area contributed by atoms with Crippen molar-refractivity contribution in [1.29, 1.82) is 0 Å². The van der Waals surface area contributed by atoms with Gasteiger partial charge < -0.3 is 14.5 Å². The molecule has 3 aliphatic rings. The number of benzene rings is 1. The zero-order chi connectivity index (χ0) is 23.1. The lowest BCUT2D eigenvalue weighted by Crippen LogP contribution is -2.55. The average Bonchev–Trinajstić information content (AvgIpc) is 3.18. The van der Waals surface area contributed by atoms with Crippen molar-refractivity contribution in [3.63, 3.8) is 0 Å². The van der Waals surface area contributed by atoms with E-state index in [9.17, 15) is 13.2 Å². The number of hydrogen-bond donors (Lipinski definition) is 0. The van der Waals surface area contributed by atoms with Gasteiger partial charge in [0.05, 0.1) is 25.2 Å². The standard InChI is InChI=1S/C23H25ClN4O4S/c24-19-3-1-18(2-4-19)7-14-33(30,31)27-15-21(29)28-17-23(32-22(28)16-27)8-12-26(13-9-23)20-5-10-25-11-6-20/h1-7,10-11,14,22H,8-9,12-13,15-17H2/b14-7+. The number of anilines is 1. The number of rotatable bonds is 4. The van der Waals surface area contributed by atoms with Crippen LogP contribution in [0.2, 0.25) is 5.02 Å². The van der Waals surface area contributed by atoms with Crippen molar-refractivity contribution < 1.29 is 17.9 Å². The van der Waals surface area contributed by atoms with Crippen LogP contribution in [0.3, 0.4) is 0 Å². The number of aromatic nitrogens is 1. The highest BCUT2D eigenvalue weighted by Gasteiger charge is 2.51. The summed E-state index contributed by atoms with van der Waals surface area (Å²) >= 11 is 5.88. The van der Waals surface area contributed by atoms with Crippen molar-refractivity contribution in [3.8, 4) is 0 Å². The summed E-state index contributed by atoms with van der Waals surface area (Å²) in [4.78, 5) is 20.9. The van der Waals surface area contributed by atoms with Crippen LogP contribution in [0.1, 0.15) is 18.4 Å². The summed E-state index contributed by atoms with van der Waals surface area (Å²) in [6, 6.07) is 10.8. The molecule has 0 aliphatic carbocycles. The second-order valence-corrected chi connectivity index (χ2v) is 10.9. The molecule has 1 aromatic heterocycles. The first-order chi connectivity index (χ1) is 15.8. The van der Waals surface area contributed by atoms with E-state index in [1.54, 1.807) is 41.6 Å². The molecule has 33 heavy (non-hydrogen) atoms. The van der Waals surface area contributed by atoms with Crippen molar-refractivity contribution in [2.24, 2.45) is 0 Å². The molecular formula is C23H25ClN4O4S. The van der Waals surface area contributed by atoms with E-state index >= 15 is 0 Å². The number of sulfonamides is 1. The molecule has 174 valence electrons. The van der Waals surface area contributed by atoms with Gasteiger partial charge in [0.2, 0.25) is 15.9 Å². The molecule has 1 unspecified atom stereocenters. The van der Waals surface area contributed by atoms with Crippen LogP contribution in [0.25, 0.3) is 6.08 Å². The summed E-state index contributed by atoms with van der Waals surface area (Å²) < 4.78 is 33.4. The Hall–Kier alpha value is -2.46. The summed E-state index contributed by atoms with van der Waals surface area (Å²) in [7, 11) is -3.77. The fraction of sp³-hybridized carbons (Fsp3) is 0.391. The van der Waals surface area contributed by atoms with Gasteiger partial charge in [0.1, 0.15) is 6.23 Å². The molecule has 2 aromatic rings. The van der Waals surface area contributed by atoms with Gasteiger partial charge in [-0.05, 0) is 48.7 Å². The van der Waals surface area contributed by atoms with E-state index in [1.807, 2.05) is 12.1 Å². The number of piperazine rings is 1. The smallest absolute Gasteiger partial charge is 0.240 e. The summed E-state index contributed by atoms with van der Waals surface area (Å²) in [5, 5.41) is 1.72. The second-order valence-electron chi connectivity index (χ2n) is 8.66. The Bertz CT molecular complexity index is 1150. The Morgan fingerprint density at radius 2 is 1.79 bits per heavy atom. The SMILES string of the molecule is O=C1CN(S(=O)(=O)/C=C/c2ccc(Cl)cc2)CC2OC3(CCN(c4ccncc4)CC3)CN12. The van der Waals surface area contributed by atoms with Crippen LogP contribution in [0, 0.1) is 0 Å². The van der Waals surface area contributed by atoms with Crippen LogP contribution in [0.15, 0.2) is 54.2 Å².